The minimum Gasteiger partial charge on any atom is -0.479 e. The molecule has 1 heterocycles. The van der Waals surface area contributed by atoms with E-state index in [-0.39, 0.29) is 0 Å². The molecule has 2 unspecified atom stereocenters. The normalized spacial score (nSPS) is 27.7. The van der Waals surface area contributed by atoms with E-state index in [4.69, 9.17) is 14.2 Å². The fraction of sp³-hybridized carbons (Fsp3) is 0.538. The topological polar surface area (TPSA) is 47.9 Å². The third kappa shape index (κ3) is 2.04. The van der Waals surface area contributed by atoms with E-state index in [1.54, 1.807) is 6.92 Å². The molecule has 1 aromatic carbocycles. The lowest BCUT2D eigenvalue weighted by Gasteiger charge is -2.43. The molecule has 0 saturated carbocycles. The van der Waals surface area contributed by atoms with E-state index in [1.165, 1.54) is 14.2 Å². The van der Waals surface area contributed by atoms with Crippen LogP contribution >= 0.6 is 0 Å². The molecule has 17 heavy (non-hydrogen) atoms. The molecule has 1 aliphatic heterocycles. The van der Waals surface area contributed by atoms with E-state index in [0.29, 0.717) is 6.42 Å². The van der Waals surface area contributed by atoms with Gasteiger partial charge in [0.1, 0.15) is 11.9 Å². The Balaban J connectivity index is 2.33. The maximum absolute atomic E-state index is 10.2. The van der Waals surface area contributed by atoms with Gasteiger partial charge in [-0.2, -0.15) is 0 Å². The molecule has 0 bridgehead atoms. The highest BCUT2D eigenvalue weighted by atomic mass is 16.7. The van der Waals surface area contributed by atoms with Crippen LogP contribution < -0.4 is 4.74 Å². The summed E-state index contributed by atoms with van der Waals surface area (Å²) in [6.45, 7) is 1.80. The van der Waals surface area contributed by atoms with Crippen molar-refractivity contribution in [2.75, 3.05) is 14.2 Å². The summed E-state index contributed by atoms with van der Waals surface area (Å²) >= 11 is 0. The zero-order chi connectivity index (χ0) is 12.5. The van der Waals surface area contributed by atoms with Crippen LogP contribution in [0.1, 0.15) is 12.5 Å². The number of hydrogen-bond donors (Lipinski definition) is 1. The maximum Gasteiger partial charge on any atom is 0.199 e. The summed E-state index contributed by atoms with van der Waals surface area (Å²) in [4.78, 5) is 0. The largest absolute Gasteiger partial charge is 0.479 e. The van der Waals surface area contributed by atoms with Crippen LogP contribution in [0, 0.1) is 0 Å². The van der Waals surface area contributed by atoms with E-state index in [2.05, 4.69) is 0 Å². The van der Waals surface area contributed by atoms with Gasteiger partial charge in [0, 0.05) is 20.6 Å². The van der Waals surface area contributed by atoms with Gasteiger partial charge in [0.2, 0.25) is 0 Å². The molecule has 1 N–H and O–H groups in total. The fourth-order valence-electron chi connectivity index (χ4n) is 2.26. The first-order valence-corrected chi connectivity index (χ1v) is 5.62. The van der Waals surface area contributed by atoms with Crippen molar-refractivity contribution in [2.45, 2.75) is 31.3 Å². The average molecular weight is 238 g/mol. The summed E-state index contributed by atoms with van der Waals surface area (Å²) in [5.74, 6) is 0.777. The summed E-state index contributed by atoms with van der Waals surface area (Å²) in [5.41, 5.74) is 0.112. The highest BCUT2D eigenvalue weighted by Gasteiger charge is 2.47. The molecule has 0 saturated heterocycles. The number of para-hydroxylation sites is 1. The molecule has 2 atom stereocenters. The molecule has 1 aliphatic rings. The molecule has 1 aromatic rings. The lowest BCUT2D eigenvalue weighted by Crippen LogP contribution is -2.58. The van der Waals surface area contributed by atoms with Crippen molar-refractivity contribution in [1.82, 2.24) is 0 Å². The Hall–Kier alpha value is -1.10. The summed E-state index contributed by atoms with van der Waals surface area (Å²) in [6.07, 6.45) is -0.733. The number of benzene rings is 1. The van der Waals surface area contributed by atoms with E-state index < -0.39 is 18.0 Å². The smallest absolute Gasteiger partial charge is 0.199 e. The molecule has 0 amide bonds. The predicted octanol–water partition coefficient (Wildman–Crippen LogP) is 1.36. The van der Waals surface area contributed by atoms with Gasteiger partial charge < -0.3 is 19.3 Å². The summed E-state index contributed by atoms with van der Waals surface area (Å²) in [7, 11) is 3.08. The predicted molar refractivity (Wildman–Crippen MR) is 63.0 cm³/mol. The van der Waals surface area contributed by atoms with Crippen LogP contribution in [-0.2, 0) is 15.9 Å². The van der Waals surface area contributed by atoms with Gasteiger partial charge in [0.15, 0.2) is 11.9 Å². The fourth-order valence-corrected chi connectivity index (χ4v) is 2.26. The SMILES string of the molecule is COC(OC)C1(C)Oc2ccccc2CC1O. The number of methoxy groups -OCH3 is 2. The Labute approximate surface area is 101 Å². The van der Waals surface area contributed by atoms with Crippen LogP contribution in [0.4, 0.5) is 0 Å². The Kier molecular flexibility index (Phi) is 3.38. The highest BCUT2D eigenvalue weighted by molar-refractivity contribution is 5.37. The number of rotatable bonds is 3. The van der Waals surface area contributed by atoms with E-state index >= 15 is 0 Å². The number of ether oxygens (including phenoxy) is 3. The Bertz CT molecular complexity index is 389. The number of fused-ring (bicyclic) bond motifs is 1. The van der Waals surface area contributed by atoms with Crippen LogP contribution in [0.2, 0.25) is 0 Å². The monoisotopic (exact) mass is 238 g/mol. The van der Waals surface area contributed by atoms with E-state index in [0.717, 1.165) is 11.3 Å². The molecule has 0 fully saturated rings. The Morgan fingerprint density at radius 3 is 2.65 bits per heavy atom. The van der Waals surface area contributed by atoms with Gasteiger partial charge >= 0.3 is 0 Å². The second-order valence-electron chi connectivity index (χ2n) is 4.42. The van der Waals surface area contributed by atoms with Crippen molar-refractivity contribution in [3.05, 3.63) is 29.8 Å². The van der Waals surface area contributed by atoms with E-state index in [1.807, 2.05) is 24.3 Å². The molecular formula is C13H18O4. The van der Waals surface area contributed by atoms with Gasteiger partial charge in [-0.25, -0.2) is 0 Å². The molecule has 0 radical (unpaired) electrons. The van der Waals surface area contributed by atoms with Crippen LogP contribution in [0.3, 0.4) is 0 Å². The van der Waals surface area contributed by atoms with Crippen LogP contribution in [0.5, 0.6) is 5.75 Å². The second-order valence-corrected chi connectivity index (χ2v) is 4.42. The summed E-state index contributed by atoms with van der Waals surface area (Å²) in [5, 5.41) is 10.2. The zero-order valence-electron chi connectivity index (χ0n) is 10.3. The molecule has 0 aliphatic carbocycles. The minimum absolute atomic E-state index is 0.538. The minimum atomic E-state index is -0.891. The lowest BCUT2D eigenvalue weighted by atomic mass is 9.89. The molecule has 4 heteroatoms. The molecule has 2 rings (SSSR count). The third-order valence-electron chi connectivity index (χ3n) is 3.27. The third-order valence-corrected chi connectivity index (χ3v) is 3.27. The molecule has 4 nitrogen and oxygen atoms in total. The summed E-state index contributed by atoms with van der Waals surface area (Å²) < 4.78 is 16.3. The number of aliphatic hydroxyl groups is 1. The van der Waals surface area contributed by atoms with Gasteiger partial charge in [-0.1, -0.05) is 18.2 Å². The van der Waals surface area contributed by atoms with Gasteiger partial charge in [0.25, 0.3) is 0 Å². The van der Waals surface area contributed by atoms with Crippen molar-refractivity contribution in [1.29, 1.82) is 0 Å². The lowest BCUT2D eigenvalue weighted by molar-refractivity contribution is -0.232. The van der Waals surface area contributed by atoms with Gasteiger partial charge in [-0.15, -0.1) is 0 Å². The van der Waals surface area contributed by atoms with Gasteiger partial charge in [-0.3, -0.25) is 0 Å². The number of hydrogen-bond acceptors (Lipinski definition) is 4. The van der Waals surface area contributed by atoms with Gasteiger partial charge in [-0.05, 0) is 18.6 Å². The average Bonchev–Trinajstić information content (AvgIpc) is 2.32. The first kappa shape index (κ1) is 12.4. The van der Waals surface area contributed by atoms with E-state index in [9.17, 15) is 5.11 Å². The zero-order valence-corrected chi connectivity index (χ0v) is 10.3. The van der Waals surface area contributed by atoms with Crippen molar-refractivity contribution in [3.8, 4) is 5.75 Å². The van der Waals surface area contributed by atoms with Crippen molar-refractivity contribution in [3.63, 3.8) is 0 Å². The van der Waals surface area contributed by atoms with Gasteiger partial charge in [0.05, 0.1) is 0 Å². The van der Waals surface area contributed by atoms with Crippen LogP contribution in [0.15, 0.2) is 24.3 Å². The van der Waals surface area contributed by atoms with Crippen molar-refractivity contribution in [2.24, 2.45) is 0 Å². The molecule has 94 valence electrons. The standard InChI is InChI=1S/C13H18O4/c1-13(12(15-2)16-3)11(14)8-9-6-4-5-7-10(9)17-13/h4-7,11-12,14H,8H2,1-3H3. The first-order chi connectivity index (χ1) is 8.11. The van der Waals surface area contributed by atoms with Crippen LogP contribution in [0.25, 0.3) is 0 Å². The molecular weight excluding hydrogens is 220 g/mol. The van der Waals surface area contributed by atoms with Crippen molar-refractivity contribution < 1.29 is 19.3 Å². The van der Waals surface area contributed by atoms with Crippen LogP contribution in [-0.4, -0.2) is 37.3 Å². The second kappa shape index (κ2) is 4.64. The maximum atomic E-state index is 10.2. The summed E-state index contributed by atoms with van der Waals surface area (Å²) in [6, 6.07) is 7.68. The molecule has 0 spiro atoms. The Morgan fingerprint density at radius 1 is 1.35 bits per heavy atom. The van der Waals surface area contributed by atoms with Crippen molar-refractivity contribution >= 4 is 0 Å². The molecule has 0 aromatic heterocycles. The quantitative estimate of drug-likeness (QED) is 0.808. The number of aliphatic hydroxyl groups excluding tert-OH is 1. The Morgan fingerprint density at radius 2 is 2.00 bits per heavy atom. The highest BCUT2D eigenvalue weighted by Crippen LogP contribution is 2.36. The first-order valence-electron chi connectivity index (χ1n) is 5.62.